The van der Waals surface area contributed by atoms with Crippen LogP contribution >= 0.6 is 11.8 Å². The molecule has 2 aromatic rings. The van der Waals surface area contributed by atoms with Crippen molar-refractivity contribution in [2.24, 2.45) is 0 Å². The van der Waals surface area contributed by atoms with Crippen LogP contribution in [0, 0.1) is 0 Å². The van der Waals surface area contributed by atoms with Gasteiger partial charge in [0.05, 0.1) is 6.42 Å². The molecule has 0 atom stereocenters. The first-order valence-electron chi connectivity index (χ1n) is 5.85. The van der Waals surface area contributed by atoms with Crippen molar-refractivity contribution >= 4 is 17.7 Å². The number of aromatic hydroxyl groups is 1. The predicted molar refractivity (Wildman–Crippen MR) is 75.4 cm³/mol. The lowest BCUT2D eigenvalue weighted by Gasteiger charge is -2.04. The highest BCUT2D eigenvalue weighted by Gasteiger charge is 2.01. The molecule has 2 N–H and O–H groups in total. The topological polar surface area (TPSA) is 57.5 Å². The second-order valence-corrected chi connectivity index (χ2v) is 5.22. The first-order valence-corrected chi connectivity index (χ1v) is 6.83. The third-order valence-electron chi connectivity index (χ3n) is 2.59. The van der Waals surface area contributed by atoms with Crippen molar-refractivity contribution < 1.29 is 15.0 Å². The molecule has 19 heavy (non-hydrogen) atoms. The van der Waals surface area contributed by atoms with Crippen molar-refractivity contribution in [1.29, 1.82) is 0 Å². The van der Waals surface area contributed by atoms with E-state index in [1.54, 1.807) is 23.9 Å². The zero-order valence-corrected chi connectivity index (χ0v) is 11.1. The highest BCUT2D eigenvalue weighted by atomic mass is 32.2. The highest BCUT2D eigenvalue weighted by molar-refractivity contribution is 7.98. The summed E-state index contributed by atoms with van der Waals surface area (Å²) in [4.78, 5) is 11.6. The second-order valence-electron chi connectivity index (χ2n) is 4.17. The fourth-order valence-corrected chi connectivity index (χ4v) is 2.53. The molecule has 3 nitrogen and oxygen atoms in total. The maximum atomic E-state index is 10.6. The zero-order valence-electron chi connectivity index (χ0n) is 10.2. The van der Waals surface area contributed by atoms with Gasteiger partial charge in [0.1, 0.15) is 5.75 Å². The van der Waals surface area contributed by atoms with E-state index in [9.17, 15) is 9.90 Å². The van der Waals surface area contributed by atoms with Gasteiger partial charge >= 0.3 is 5.97 Å². The fraction of sp³-hybridized carbons (Fsp3) is 0.133. The van der Waals surface area contributed by atoms with E-state index in [1.807, 2.05) is 36.4 Å². The molecule has 2 aromatic carbocycles. The summed E-state index contributed by atoms with van der Waals surface area (Å²) in [6.07, 6.45) is 0.0531. The summed E-state index contributed by atoms with van der Waals surface area (Å²) in [5, 5.41) is 18.1. The summed E-state index contributed by atoms with van der Waals surface area (Å²) in [6, 6.07) is 14.7. The van der Waals surface area contributed by atoms with E-state index in [0.29, 0.717) is 0 Å². The van der Waals surface area contributed by atoms with Gasteiger partial charge < -0.3 is 10.2 Å². The van der Waals surface area contributed by atoms with E-state index in [-0.39, 0.29) is 12.2 Å². The Balaban J connectivity index is 1.94. The maximum absolute atomic E-state index is 10.6. The van der Waals surface area contributed by atoms with Crippen molar-refractivity contribution in [2.45, 2.75) is 17.1 Å². The van der Waals surface area contributed by atoms with Crippen LogP contribution in [-0.4, -0.2) is 16.2 Å². The van der Waals surface area contributed by atoms with Crippen LogP contribution < -0.4 is 0 Å². The monoisotopic (exact) mass is 274 g/mol. The molecule has 0 aliphatic heterocycles. The van der Waals surface area contributed by atoms with E-state index in [2.05, 4.69) is 0 Å². The van der Waals surface area contributed by atoms with E-state index < -0.39 is 5.97 Å². The van der Waals surface area contributed by atoms with E-state index >= 15 is 0 Å². The Kier molecular flexibility index (Phi) is 4.47. The molecule has 0 aromatic heterocycles. The zero-order chi connectivity index (χ0) is 13.7. The molecule has 2 rings (SSSR count). The minimum Gasteiger partial charge on any atom is -0.508 e. The summed E-state index contributed by atoms with van der Waals surface area (Å²) in [7, 11) is 0. The summed E-state index contributed by atoms with van der Waals surface area (Å²) < 4.78 is 0. The second kappa shape index (κ2) is 6.29. The number of rotatable bonds is 5. The van der Waals surface area contributed by atoms with Crippen LogP contribution in [0.5, 0.6) is 5.75 Å². The maximum Gasteiger partial charge on any atom is 0.307 e. The molecular formula is C15H14O3S. The molecule has 0 bridgehead atoms. The van der Waals surface area contributed by atoms with Gasteiger partial charge in [-0.15, -0.1) is 11.8 Å². The van der Waals surface area contributed by atoms with Crippen LogP contribution in [0.1, 0.15) is 11.1 Å². The van der Waals surface area contributed by atoms with Crippen LogP contribution in [0.25, 0.3) is 0 Å². The Morgan fingerprint density at radius 3 is 2.42 bits per heavy atom. The number of phenols is 1. The van der Waals surface area contributed by atoms with Crippen LogP contribution in [0.3, 0.4) is 0 Å². The SMILES string of the molecule is O=C(O)Cc1ccc(SCc2cccc(O)c2)cc1. The standard InChI is InChI=1S/C15H14O3S/c16-13-3-1-2-12(8-13)10-19-14-6-4-11(5-7-14)9-15(17)18/h1-8,16H,9-10H2,(H,17,18). The lowest BCUT2D eigenvalue weighted by atomic mass is 10.2. The molecule has 0 saturated heterocycles. The number of hydrogen-bond acceptors (Lipinski definition) is 3. The average molecular weight is 274 g/mol. The molecule has 0 spiro atoms. The van der Waals surface area contributed by atoms with E-state index in [1.165, 1.54) is 0 Å². The smallest absolute Gasteiger partial charge is 0.307 e. The molecule has 0 amide bonds. The molecule has 0 aliphatic carbocycles. The number of carboxylic acids is 1. The molecular weight excluding hydrogens is 260 g/mol. The van der Waals surface area contributed by atoms with Crippen molar-refractivity contribution in [1.82, 2.24) is 0 Å². The van der Waals surface area contributed by atoms with Gasteiger partial charge in [-0.3, -0.25) is 4.79 Å². The average Bonchev–Trinajstić information content (AvgIpc) is 2.37. The summed E-state index contributed by atoms with van der Waals surface area (Å²) in [6.45, 7) is 0. The fourth-order valence-electron chi connectivity index (χ4n) is 1.69. The Bertz CT molecular complexity index is 564. The number of carboxylic acid groups (broad SMARTS) is 1. The third-order valence-corrected chi connectivity index (χ3v) is 3.68. The van der Waals surface area contributed by atoms with Gasteiger partial charge in [-0.1, -0.05) is 24.3 Å². The molecule has 0 saturated carbocycles. The van der Waals surface area contributed by atoms with Gasteiger partial charge in [-0.25, -0.2) is 0 Å². The first-order chi connectivity index (χ1) is 9.13. The predicted octanol–water partition coefficient (Wildman–Crippen LogP) is 3.31. The first kappa shape index (κ1) is 13.5. The van der Waals surface area contributed by atoms with Crippen molar-refractivity contribution in [3.63, 3.8) is 0 Å². The van der Waals surface area contributed by atoms with Crippen LogP contribution in [0.4, 0.5) is 0 Å². The van der Waals surface area contributed by atoms with Gasteiger partial charge in [-0.2, -0.15) is 0 Å². The minimum absolute atomic E-state index is 0.0531. The molecule has 0 aliphatic rings. The van der Waals surface area contributed by atoms with Gasteiger partial charge in [-0.05, 0) is 35.4 Å². The lowest BCUT2D eigenvalue weighted by molar-refractivity contribution is -0.136. The number of hydrogen-bond donors (Lipinski definition) is 2. The van der Waals surface area contributed by atoms with Gasteiger partial charge in [0.2, 0.25) is 0 Å². The van der Waals surface area contributed by atoms with Gasteiger partial charge in [0.25, 0.3) is 0 Å². The Labute approximate surface area is 115 Å². The van der Waals surface area contributed by atoms with Gasteiger partial charge in [0.15, 0.2) is 0 Å². The minimum atomic E-state index is -0.819. The Morgan fingerprint density at radius 2 is 1.79 bits per heavy atom. The number of carbonyl (C=O) groups is 1. The Morgan fingerprint density at radius 1 is 1.05 bits per heavy atom. The Hall–Kier alpha value is -1.94. The molecule has 4 heteroatoms. The van der Waals surface area contributed by atoms with Crippen molar-refractivity contribution in [3.8, 4) is 5.75 Å². The quantitative estimate of drug-likeness (QED) is 0.821. The van der Waals surface area contributed by atoms with Crippen LogP contribution in [0.2, 0.25) is 0 Å². The van der Waals surface area contributed by atoms with Crippen molar-refractivity contribution in [2.75, 3.05) is 0 Å². The molecule has 0 fully saturated rings. The summed E-state index contributed by atoms with van der Waals surface area (Å²) in [5.41, 5.74) is 1.86. The summed E-state index contributed by atoms with van der Waals surface area (Å²) >= 11 is 1.65. The number of phenolic OH excluding ortho intramolecular Hbond substituents is 1. The summed E-state index contributed by atoms with van der Waals surface area (Å²) in [5.74, 6) is 0.224. The normalized spacial score (nSPS) is 10.3. The van der Waals surface area contributed by atoms with Crippen LogP contribution in [0.15, 0.2) is 53.4 Å². The third kappa shape index (κ3) is 4.34. The molecule has 0 heterocycles. The number of aliphatic carboxylic acids is 1. The van der Waals surface area contributed by atoms with Gasteiger partial charge in [0, 0.05) is 10.6 Å². The number of benzene rings is 2. The molecule has 0 unspecified atom stereocenters. The van der Waals surface area contributed by atoms with E-state index in [4.69, 9.17) is 5.11 Å². The molecule has 0 radical (unpaired) electrons. The molecule has 98 valence electrons. The highest BCUT2D eigenvalue weighted by Crippen LogP contribution is 2.24. The van der Waals surface area contributed by atoms with Crippen molar-refractivity contribution in [3.05, 3.63) is 59.7 Å². The largest absolute Gasteiger partial charge is 0.508 e. The number of thioether (sulfide) groups is 1. The van der Waals surface area contributed by atoms with Crippen LogP contribution in [-0.2, 0) is 17.0 Å². The van der Waals surface area contributed by atoms with E-state index in [0.717, 1.165) is 21.8 Å². The lowest BCUT2D eigenvalue weighted by Crippen LogP contribution is -1.99.